The number of anilines is 1. The number of thiocarbonyl (C=S) groups is 1. The number of hydrogen-bond acceptors (Lipinski definition) is 2. The van der Waals surface area contributed by atoms with Crippen LogP contribution in [0.25, 0.3) is 0 Å². The quantitative estimate of drug-likeness (QED) is 0.111. The molecular formula is C21H31Cl4N3OS. The van der Waals surface area contributed by atoms with Crippen LogP contribution in [0.4, 0.5) is 5.69 Å². The van der Waals surface area contributed by atoms with E-state index in [1.165, 1.54) is 38.5 Å². The predicted octanol–water partition coefficient (Wildman–Crippen LogP) is 7.36. The largest absolute Gasteiger partial charge is 0.339 e. The van der Waals surface area contributed by atoms with Gasteiger partial charge in [0.15, 0.2) is 5.11 Å². The van der Waals surface area contributed by atoms with Crippen LogP contribution in [-0.4, -0.2) is 21.0 Å². The summed E-state index contributed by atoms with van der Waals surface area (Å²) < 4.78 is -1.78. The van der Waals surface area contributed by atoms with Gasteiger partial charge in [-0.05, 0) is 30.8 Å². The van der Waals surface area contributed by atoms with Crippen molar-refractivity contribution in [3.63, 3.8) is 0 Å². The van der Waals surface area contributed by atoms with Crippen molar-refractivity contribution in [3.05, 3.63) is 29.3 Å². The van der Waals surface area contributed by atoms with Crippen molar-refractivity contribution in [3.8, 4) is 0 Å². The third-order valence-corrected chi connectivity index (χ3v) is 5.74. The van der Waals surface area contributed by atoms with E-state index in [2.05, 4.69) is 22.9 Å². The van der Waals surface area contributed by atoms with Crippen molar-refractivity contribution in [2.75, 3.05) is 5.32 Å². The lowest BCUT2D eigenvalue weighted by molar-refractivity contribution is -0.122. The second-order valence-corrected chi connectivity index (χ2v) is 10.4. The average Bonchev–Trinajstić information content (AvgIpc) is 2.67. The normalized spacial score (nSPS) is 12.3. The number of carbonyl (C=O) groups is 1. The molecule has 1 atom stereocenters. The third-order valence-electron chi connectivity index (χ3n) is 4.54. The highest BCUT2D eigenvalue weighted by Gasteiger charge is 2.34. The first-order valence-electron chi connectivity index (χ1n) is 10.4. The zero-order chi connectivity index (χ0) is 22.4. The zero-order valence-corrected chi connectivity index (χ0v) is 21.1. The number of amides is 1. The maximum atomic E-state index is 12.3. The van der Waals surface area contributed by atoms with Crippen LogP contribution < -0.4 is 16.0 Å². The number of nitrogens with one attached hydrogen (secondary N) is 3. The van der Waals surface area contributed by atoms with Crippen LogP contribution in [0.1, 0.15) is 71.1 Å². The van der Waals surface area contributed by atoms with E-state index < -0.39 is 9.96 Å². The standard InChI is InChI=1S/C21H31Cl4N3OS/c1-2-3-4-5-6-7-8-9-10-15-18(29)27-19(21(23,24)25)28-20(30)26-17-14-12-11-13-16(17)22/h11-14,19H,2-10,15H2,1H3,(H,27,29)(H2,26,28,30). The Morgan fingerprint density at radius 3 is 2.10 bits per heavy atom. The van der Waals surface area contributed by atoms with Gasteiger partial charge in [0.05, 0.1) is 10.7 Å². The maximum Gasteiger partial charge on any atom is 0.228 e. The van der Waals surface area contributed by atoms with E-state index in [0.717, 1.165) is 19.3 Å². The fourth-order valence-corrected chi connectivity index (χ4v) is 3.62. The Morgan fingerprint density at radius 2 is 1.53 bits per heavy atom. The lowest BCUT2D eigenvalue weighted by Crippen LogP contribution is -2.56. The van der Waals surface area contributed by atoms with Crippen molar-refractivity contribution in [1.82, 2.24) is 10.6 Å². The van der Waals surface area contributed by atoms with Crippen molar-refractivity contribution in [2.24, 2.45) is 0 Å². The van der Waals surface area contributed by atoms with Gasteiger partial charge in [0.25, 0.3) is 0 Å². The molecule has 0 saturated heterocycles. The van der Waals surface area contributed by atoms with Gasteiger partial charge >= 0.3 is 0 Å². The summed E-state index contributed by atoms with van der Waals surface area (Å²) in [6, 6.07) is 7.12. The molecule has 0 aliphatic heterocycles. The molecule has 1 aromatic carbocycles. The van der Waals surface area contributed by atoms with Crippen molar-refractivity contribution in [2.45, 2.75) is 81.1 Å². The molecule has 0 spiro atoms. The van der Waals surface area contributed by atoms with Crippen molar-refractivity contribution in [1.29, 1.82) is 0 Å². The van der Waals surface area contributed by atoms with Gasteiger partial charge in [0.1, 0.15) is 6.17 Å². The van der Waals surface area contributed by atoms with Gasteiger partial charge in [-0.15, -0.1) is 0 Å². The van der Waals surface area contributed by atoms with Crippen molar-refractivity contribution < 1.29 is 4.79 Å². The summed E-state index contributed by atoms with van der Waals surface area (Å²) in [6.45, 7) is 2.22. The van der Waals surface area contributed by atoms with E-state index >= 15 is 0 Å². The predicted molar refractivity (Wildman–Crippen MR) is 135 cm³/mol. The Hall–Kier alpha value is -0.460. The molecule has 0 radical (unpaired) electrons. The zero-order valence-electron chi connectivity index (χ0n) is 17.3. The monoisotopic (exact) mass is 513 g/mol. The van der Waals surface area contributed by atoms with Gasteiger partial charge in [-0.1, -0.05) is 117 Å². The molecule has 0 heterocycles. The Morgan fingerprint density at radius 1 is 0.967 bits per heavy atom. The van der Waals surface area contributed by atoms with Crippen LogP contribution in [0, 0.1) is 0 Å². The molecule has 30 heavy (non-hydrogen) atoms. The summed E-state index contributed by atoms with van der Waals surface area (Å²) in [4.78, 5) is 12.3. The molecule has 4 nitrogen and oxygen atoms in total. The van der Waals surface area contributed by atoms with Crippen LogP contribution in [0.15, 0.2) is 24.3 Å². The first-order valence-corrected chi connectivity index (χ1v) is 12.3. The second kappa shape index (κ2) is 15.4. The topological polar surface area (TPSA) is 53.2 Å². The minimum Gasteiger partial charge on any atom is -0.339 e. The molecule has 1 rings (SSSR count). The summed E-state index contributed by atoms with van der Waals surface area (Å²) in [5.41, 5.74) is 0.612. The van der Waals surface area contributed by atoms with Crippen molar-refractivity contribution >= 4 is 75.3 Å². The first-order chi connectivity index (χ1) is 14.2. The van der Waals surface area contributed by atoms with Crippen LogP contribution in [0.2, 0.25) is 5.02 Å². The summed E-state index contributed by atoms with van der Waals surface area (Å²) in [5, 5.41) is 9.16. The van der Waals surface area contributed by atoms with Gasteiger partial charge in [0.2, 0.25) is 9.70 Å². The smallest absolute Gasteiger partial charge is 0.228 e. The molecule has 3 N–H and O–H groups in total. The number of benzene rings is 1. The number of para-hydroxylation sites is 1. The molecule has 0 saturated carbocycles. The van der Waals surface area contributed by atoms with Crippen LogP contribution in [0.5, 0.6) is 0 Å². The highest BCUT2D eigenvalue weighted by molar-refractivity contribution is 7.80. The Kier molecular flexibility index (Phi) is 14.1. The summed E-state index contributed by atoms with van der Waals surface area (Å²) in [7, 11) is 0. The molecule has 0 aromatic heterocycles. The molecule has 170 valence electrons. The van der Waals surface area contributed by atoms with E-state index in [9.17, 15) is 4.79 Å². The second-order valence-electron chi connectivity index (χ2n) is 7.20. The molecule has 9 heteroatoms. The third kappa shape index (κ3) is 12.4. The van der Waals surface area contributed by atoms with Gasteiger partial charge < -0.3 is 16.0 Å². The Balaban J connectivity index is 2.35. The van der Waals surface area contributed by atoms with E-state index in [0.29, 0.717) is 17.1 Å². The fourth-order valence-electron chi connectivity index (χ4n) is 2.88. The van der Waals surface area contributed by atoms with E-state index in [1.54, 1.807) is 18.2 Å². The van der Waals surface area contributed by atoms with Gasteiger partial charge in [-0.3, -0.25) is 4.79 Å². The summed E-state index contributed by atoms with van der Waals surface area (Å²) in [6.07, 6.45) is 10.0. The van der Waals surface area contributed by atoms with Crippen LogP contribution in [0.3, 0.4) is 0 Å². The minimum atomic E-state index is -1.78. The van der Waals surface area contributed by atoms with Gasteiger partial charge in [-0.2, -0.15) is 0 Å². The van der Waals surface area contributed by atoms with E-state index in [4.69, 9.17) is 58.6 Å². The Labute approximate surface area is 205 Å². The number of rotatable bonds is 13. The first kappa shape index (κ1) is 27.6. The minimum absolute atomic E-state index is 0.183. The molecule has 0 aliphatic carbocycles. The molecule has 1 aromatic rings. The number of unbranched alkanes of at least 4 members (excludes halogenated alkanes) is 8. The molecular weight excluding hydrogens is 484 g/mol. The lowest BCUT2D eigenvalue weighted by atomic mass is 10.1. The molecule has 1 amide bonds. The lowest BCUT2D eigenvalue weighted by Gasteiger charge is -2.28. The highest BCUT2D eigenvalue weighted by atomic mass is 35.6. The average molecular weight is 515 g/mol. The van der Waals surface area contributed by atoms with E-state index in [-0.39, 0.29) is 11.0 Å². The van der Waals surface area contributed by atoms with E-state index in [1.807, 2.05) is 6.07 Å². The Bertz CT molecular complexity index is 655. The SMILES string of the molecule is CCCCCCCCCCCC(=O)NC(NC(=S)Nc1ccccc1Cl)C(Cl)(Cl)Cl. The van der Waals surface area contributed by atoms with Gasteiger partial charge in [-0.25, -0.2) is 0 Å². The molecule has 0 fully saturated rings. The number of alkyl halides is 3. The summed E-state index contributed by atoms with van der Waals surface area (Å²) >= 11 is 29.4. The van der Waals surface area contributed by atoms with Gasteiger partial charge in [0, 0.05) is 6.42 Å². The molecule has 0 aliphatic rings. The molecule has 1 unspecified atom stereocenters. The number of carbonyl (C=O) groups excluding carboxylic acids is 1. The highest BCUT2D eigenvalue weighted by Crippen LogP contribution is 2.29. The summed E-state index contributed by atoms with van der Waals surface area (Å²) in [5.74, 6) is -0.192. The fraction of sp³-hybridized carbons (Fsp3) is 0.619. The maximum absolute atomic E-state index is 12.3. The number of hydrogen-bond donors (Lipinski definition) is 3. The number of halogens is 4. The van der Waals surface area contributed by atoms with Crippen LogP contribution in [-0.2, 0) is 4.79 Å². The van der Waals surface area contributed by atoms with Crippen LogP contribution >= 0.6 is 58.6 Å². The molecule has 0 bridgehead atoms.